The number of rotatable bonds is 9. The molecule has 0 aliphatic rings. The molecule has 17 heavy (non-hydrogen) atoms. The Hall–Kier alpha value is -0.660. The molecule has 0 radical (unpaired) electrons. The summed E-state index contributed by atoms with van der Waals surface area (Å²) in [6.07, 6.45) is 1.01. The fraction of sp³-hybridized carbons (Fsp3) is 0.900. The van der Waals surface area contributed by atoms with E-state index in [1.165, 1.54) is 0 Å². The van der Waals surface area contributed by atoms with Crippen molar-refractivity contribution in [2.45, 2.75) is 32.4 Å². The minimum atomic E-state index is -3.75. The topological polar surface area (TPSA) is 86.7 Å². The Labute approximate surface area is 103 Å². The van der Waals surface area contributed by atoms with Crippen molar-refractivity contribution in [3.63, 3.8) is 0 Å². The van der Waals surface area contributed by atoms with Crippen LogP contribution in [0.1, 0.15) is 27.2 Å². The lowest BCUT2D eigenvalue weighted by Crippen LogP contribution is -2.41. The van der Waals surface area contributed by atoms with Crippen molar-refractivity contribution in [3.8, 4) is 0 Å². The number of nitrogens with zero attached hydrogens (tertiary/aromatic N) is 1. The van der Waals surface area contributed by atoms with Gasteiger partial charge in [-0.3, -0.25) is 4.79 Å². The average Bonchev–Trinajstić information content (AvgIpc) is 2.26. The van der Waals surface area contributed by atoms with E-state index in [9.17, 15) is 13.2 Å². The van der Waals surface area contributed by atoms with Gasteiger partial charge < -0.3 is 10.0 Å². The van der Waals surface area contributed by atoms with E-state index in [0.29, 0.717) is 6.54 Å². The molecule has 102 valence electrons. The van der Waals surface area contributed by atoms with Crippen LogP contribution >= 0.6 is 0 Å². The molecule has 0 saturated carbocycles. The summed E-state index contributed by atoms with van der Waals surface area (Å²) in [7, 11) is -3.75. The minimum Gasteiger partial charge on any atom is -0.480 e. The van der Waals surface area contributed by atoms with E-state index in [4.69, 9.17) is 5.11 Å². The van der Waals surface area contributed by atoms with Crippen LogP contribution in [-0.2, 0) is 14.8 Å². The Balaban J connectivity index is 4.15. The first kappa shape index (κ1) is 16.3. The van der Waals surface area contributed by atoms with Crippen LogP contribution in [0, 0.1) is 0 Å². The first-order chi connectivity index (χ1) is 7.85. The molecule has 0 amide bonds. The predicted octanol–water partition coefficient (Wildman–Crippen LogP) is 0.111. The molecule has 2 N–H and O–H groups in total. The summed E-state index contributed by atoms with van der Waals surface area (Å²) >= 11 is 0. The van der Waals surface area contributed by atoms with Gasteiger partial charge in [0.15, 0.2) is 5.25 Å². The number of hydrogen-bond acceptors (Lipinski definition) is 4. The first-order valence-corrected chi connectivity index (χ1v) is 7.33. The lowest BCUT2D eigenvalue weighted by molar-refractivity contribution is -0.136. The SMILES string of the molecule is CCCN(CC)CCNS(=O)(=O)C(C)C(=O)O. The van der Waals surface area contributed by atoms with E-state index in [2.05, 4.69) is 16.5 Å². The fourth-order valence-electron chi connectivity index (χ4n) is 1.35. The monoisotopic (exact) mass is 266 g/mol. The van der Waals surface area contributed by atoms with Crippen molar-refractivity contribution in [3.05, 3.63) is 0 Å². The summed E-state index contributed by atoms with van der Waals surface area (Å²) < 4.78 is 25.3. The molecule has 0 spiro atoms. The van der Waals surface area contributed by atoms with Gasteiger partial charge in [-0.05, 0) is 26.4 Å². The summed E-state index contributed by atoms with van der Waals surface area (Å²) in [6.45, 7) is 7.82. The van der Waals surface area contributed by atoms with Crippen molar-refractivity contribution in [1.29, 1.82) is 0 Å². The van der Waals surface area contributed by atoms with Gasteiger partial charge in [0, 0.05) is 13.1 Å². The molecule has 0 bridgehead atoms. The van der Waals surface area contributed by atoms with Crippen LogP contribution in [0.3, 0.4) is 0 Å². The Bertz CT molecular complexity index is 329. The summed E-state index contributed by atoms with van der Waals surface area (Å²) in [5, 5.41) is 7.21. The molecule has 0 rings (SSSR count). The molecule has 0 aromatic heterocycles. The number of nitrogens with one attached hydrogen (secondary N) is 1. The number of carbonyl (C=O) groups is 1. The van der Waals surface area contributed by atoms with Gasteiger partial charge in [0.05, 0.1) is 0 Å². The highest BCUT2D eigenvalue weighted by Crippen LogP contribution is 1.98. The molecular formula is C10H22N2O4S. The number of likely N-dealkylation sites (N-methyl/N-ethyl adjacent to an activating group) is 1. The van der Waals surface area contributed by atoms with E-state index in [1.54, 1.807) is 0 Å². The number of hydrogen-bond donors (Lipinski definition) is 2. The van der Waals surface area contributed by atoms with Crippen LogP contribution in [0.5, 0.6) is 0 Å². The molecule has 1 unspecified atom stereocenters. The molecule has 0 aliphatic heterocycles. The number of aliphatic carboxylic acids is 1. The normalized spacial score (nSPS) is 13.9. The largest absolute Gasteiger partial charge is 0.480 e. The molecule has 6 nitrogen and oxygen atoms in total. The van der Waals surface area contributed by atoms with Gasteiger partial charge in [0.2, 0.25) is 10.0 Å². The van der Waals surface area contributed by atoms with Gasteiger partial charge in [0.25, 0.3) is 0 Å². The Morgan fingerprint density at radius 1 is 1.35 bits per heavy atom. The maximum absolute atomic E-state index is 11.5. The second kappa shape index (κ2) is 7.62. The van der Waals surface area contributed by atoms with Crippen molar-refractivity contribution in [1.82, 2.24) is 9.62 Å². The second-order valence-electron chi connectivity index (χ2n) is 3.85. The second-order valence-corrected chi connectivity index (χ2v) is 5.94. The molecule has 0 aromatic rings. The standard InChI is InChI=1S/C10H22N2O4S/c1-4-7-12(5-2)8-6-11-17(15,16)9(3)10(13)14/h9,11H,4-8H2,1-3H3,(H,13,14). The van der Waals surface area contributed by atoms with E-state index < -0.39 is 21.2 Å². The Morgan fingerprint density at radius 2 is 1.94 bits per heavy atom. The van der Waals surface area contributed by atoms with E-state index in [0.717, 1.165) is 26.4 Å². The highest BCUT2D eigenvalue weighted by molar-refractivity contribution is 7.90. The lowest BCUT2D eigenvalue weighted by Gasteiger charge is -2.19. The van der Waals surface area contributed by atoms with Crippen LogP contribution < -0.4 is 4.72 Å². The zero-order chi connectivity index (χ0) is 13.5. The quantitative estimate of drug-likeness (QED) is 0.618. The van der Waals surface area contributed by atoms with Gasteiger partial charge in [-0.1, -0.05) is 13.8 Å². The van der Waals surface area contributed by atoms with E-state index >= 15 is 0 Å². The van der Waals surface area contributed by atoms with Gasteiger partial charge in [-0.2, -0.15) is 0 Å². The highest BCUT2D eigenvalue weighted by atomic mass is 32.2. The van der Waals surface area contributed by atoms with Crippen LogP contribution in [0.4, 0.5) is 0 Å². The molecule has 0 aliphatic carbocycles. The minimum absolute atomic E-state index is 0.244. The number of carboxylic acids is 1. The summed E-state index contributed by atoms with van der Waals surface area (Å²) in [5.41, 5.74) is 0. The third-order valence-corrected chi connectivity index (χ3v) is 4.27. The third-order valence-electron chi connectivity index (χ3n) is 2.53. The van der Waals surface area contributed by atoms with Gasteiger partial charge >= 0.3 is 5.97 Å². The summed E-state index contributed by atoms with van der Waals surface area (Å²) in [4.78, 5) is 12.7. The van der Waals surface area contributed by atoms with Gasteiger partial charge in [-0.15, -0.1) is 0 Å². The molecule has 0 saturated heterocycles. The van der Waals surface area contributed by atoms with Crippen molar-refractivity contribution in [2.75, 3.05) is 26.2 Å². The maximum atomic E-state index is 11.5. The van der Waals surface area contributed by atoms with Crippen LogP contribution in [-0.4, -0.2) is 55.8 Å². The van der Waals surface area contributed by atoms with E-state index in [-0.39, 0.29) is 6.54 Å². The maximum Gasteiger partial charge on any atom is 0.323 e. The lowest BCUT2D eigenvalue weighted by atomic mass is 10.4. The van der Waals surface area contributed by atoms with Crippen molar-refractivity contribution >= 4 is 16.0 Å². The van der Waals surface area contributed by atoms with Crippen LogP contribution in [0.25, 0.3) is 0 Å². The van der Waals surface area contributed by atoms with Crippen molar-refractivity contribution < 1.29 is 18.3 Å². The fourth-order valence-corrected chi connectivity index (χ4v) is 2.24. The first-order valence-electron chi connectivity index (χ1n) is 5.78. The molecule has 0 aromatic carbocycles. The zero-order valence-corrected chi connectivity index (χ0v) is 11.5. The Kier molecular flexibility index (Phi) is 7.33. The van der Waals surface area contributed by atoms with Gasteiger partial charge in [-0.25, -0.2) is 13.1 Å². The zero-order valence-electron chi connectivity index (χ0n) is 10.6. The molecule has 1 atom stereocenters. The predicted molar refractivity (Wildman–Crippen MR) is 66.4 cm³/mol. The average molecular weight is 266 g/mol. The van der Waals surface area contributed by atoms with E-state index in [1.807, 2.05) is 6.92 Å². The molecular weight excluding hydrogens is 244 g/mol. The smallest absolute Gasteiger partial charge is 0.323 e. The molecule has 0 heterocycles. The number of sulfonamides is 1. The van der Waals surface area contributed by atoms with Gasteiger partial charge in [0.1, 0.15) is 0 Å². The molecule has 7 heteroatoms. The van der Waals surface area contributed by atoms with Crippen LogP contribution in [0.2, 0.25) is 0 Å². The Morgan fingerprint density at radius 3 is 2.35 bits per heavy atom. The highest BCUT2D eigenvalue weighted by Gasteiger charge is 2.26. The summed E-state index contributed by atoms with van der Waals surface area (Å²) in [5.74, 6) is -1.33. The third kappa shape index (κ3) is 5.99. The number of carboxylic acid groups (broad SMARTS) is 1. The van der Waals surface area contributed by atoms with Crippen LogP contribution in [0.15, 0.2) is 0 Å². The van der Waals surface area contributed by atoms with Crippen molar-refractivity contribution in [2.24, 2.45) is 0 Å². The molecule has 0 fully saturated rings. The summed E-state index contributed by atoms with van der Waals surface area (Å²) in [6, 6.07) is 0.